The lowest BCUT2D eigenvalue weighted by molar-refractivity contribution is 0.441. The lowest BCUT2D eigenvalue weighted by Gasteiger charge is -2.14. The van der Waals surface area contributed by atoms with Crippen LogP contribution in [0.25, 0.3) is 0 Å². The third kappa shape index (κ3) is 4.20. The summed E-state index contributed by atoms with van der Waals surface area (Å²) in [5, 5.41) is 3.17. The molecule has 0 radical (unpaired) electrons. The Hall–Kier alpha value is -2.07. The number of halogens is 1. The van der Waals surface area contributed by atoms with Crippen molar-refractivity contribution in [1.82, 2.24) is 5.32 Å². The van der Waals surface area contributed by atoms with Gasteiger partial charge in [-0.25, -0.2) is 4.39 Å². The second-order valence-electron chi connectivity index (χ2n) is 5.04. The standard InChI is InChI=1S/C17H21FN2O/c1-4-19-12-13-8-9-17(16(18)10-13)21-15-7-5-6-14(11-15)20(2)3/h5-11,19H,4,12H2,1-3H3. The van der Waals surface area contributed by atoms with Gasteiger partial charge in [0.1, 0.15) is 5.75 Å². The number of rotatable bonds is 6. The van der Waals surface area contributed by atoms with Crippen LogP contribution in [0.1, 0.15) is 12.5 Å². The van der Waals surface area contributed by atoms with Gasteiger partial charge in [0.2, 0.25) is 0 Å². The molecule has 2 aromatic carbocycles. The first kappa shape index (κ1) is 15.3. The van der Waals surface area contributed by atoms with Crippen molar-refractivity contribution in [2.24, 2.45) is 0 Å². The Bertz CT molecular complexity index is 599. The van der Waals surface area contributed by atoms with Gasteiger partial charge in [0, 0.05) is 32.4 Å². The number of benzene rings is 2. The maximum absolute atomic E-state index is 14.1. The van der Waals surface area contributed by atoms with Crippen molar-refractivity contribution in [2.45, 2.75) is 13.5 Å². The van der Waals surface area contributed by atoms with Gasteiger partial charge in [-0.05, 0) is 36.4 Å². The molecule has 0 aliphatic rings. The maximum atomic E-state index is 14.1. The van der Waals surface area contributed by atoms with Crippen LogP contribution in [0.2, 0.25) is 0 Å². The molecular formula is C17H21FN2O. The molecule has 1 N–H and O–H groups in total. The molecule has 21 heavy (non-hydrogen) atoms. The molecule has 4 heteroatoms. The molecule has 2 aromatic rings. The van der Waals surface area contributed by atoms with Crippen LogP contribution in [-0.2, 0) is 6.54 Å². The van der Waals surface area contributed by atoms with E-state index >= 15 is 0 Å². The summed E-state index contributed by atoms with van der Waals surface area (Å²) in [5.74, 6) is 0.520. The van der Waals surface area contributed by atoms with Crippen molar-refractivity contribution in [3.63, 3.8) is 0 Å². The van der Waals surface area contributed by atoms with E-state index in [9.17, 15) is 4.39 Å². The van der Waals surface area contributed by atoms with E-state index in [1.165, 1.54) is 6.07 Å². The summed E-state index contributed by atoms with van der Waals surface area (Å²) >= 11 is 0. The Labute approximate surface area is 125 Å². The SMILES string of the molecule is CCNCc1ccc(Oc2cccc(N(C)C)c2)c(F)c1. The van der Waals surface area contributed by atoms with Gasteiger partial charge in [0.15, 0.2) is 11.6 Å². The zero-order chi connectivity index (χ0) is 15.2. The zero-order valence-electron chi connectivity index (χ0n) is 12.7. The lowest BCUT2D eigenvalue weighted by Crippen LogP contribution is -2.11. The highest BCUT2D eigenvalue weighted by Gasteiger charge is 2.07. The number of nitrogens with one attached hydrogen (secondary N) is 1. The third-order valence-electron chi connectivity index (χ3n) is 3.14. The van der Waals surface area contributed by atoms with Crippen LogP contribution in [0, 0.1) is 5.82 Å². The molecule has 3 nitrogen and oxygen atoms in total. The highest BCUT2D eigenvalue weighted by Crippen LogP contribution is 2.27. The molecule has 0 saturated carbocycles. The summed E-state index contributed by atoms with van der Waals surface area (Å²) in [4.78, 5) is 1.97. The number of nitrogens with zero attached hydrogens (tertiary/aromatic N) is 1. The predicted octanol–water partition coefficient (Wildman–Crippen LogP) is 3.79. The van der Waals surface area contributed by atoms with E-state index < -0.39 is 0 Å². The quantitative estimate of drug-likeness (QED) is 0.875. The predicted molar refractivity (Wildman–Crippen MR) is 84.6 cm³/mol. The van der Waals surface area contributed by atoms with Gasteiger partial charge in [-0.2, -0.15) is 0 Å². The second-order valence-corrected chi connectivity index (χ2v) is 5.04. The highest BCUT2D eigenvalue weighted by atomic mass is 19.1. The number of ether oxygens (including phenoxy) is 1. The van der Waals surface area contributed by atoms with E-state index in [1.807, 2.05) is 56.3 Å². The van der Waals surface area contributed by atoms with E-state index in [2.05, 4.69) is 5.32 Å². The third-order valence-corrected chi connectivity index (χ3v) is 3.14. The molecule has 0 aliphatic carbocycles. The van der Waals surface area contributed by atoms with Gasteiger partial charge < -0.3 is 15.0 Å². The number of hydrogen-bond donors (Lipinski definition) is 1. The number of anilines is 1. The summed E-state index contributed by atoms with van der Waals surface area (Å²) in [6, 6.07) is 12.6. The van der Waals surface area contributed by atoms with E-state index in [0.717, 1.165) is 17.8 Å². The molecule has 0 spiro atoms. The zero-order valence-corrected chi connectivity index (χ0v) is 12.7. The van der Waals surface area contributed by atoms with Crippen molar-refractivity contribution in [1.29, 1.82) is 0 Å². The summed E-state index contributed by atoms with van der Waals surface area (Å²) < 4.78 is 19.7. The fraction of sp³-hybridized carbons (Fsp3) is 0.294. The van der Waals surface area contributed by atoms with Crippen molar-refractivity contribution >= 4 is 5.69 Å². The van der Waals surface area contributed by atoms with E-state index in [1.54, 1.807) is 6.07 Å². The summed E-state index contributed by atoms with van der Waals surface area (Å²) in [7, 11) is 3.91. The first-order valence-corrected chi connectivity index (χ1v) is 7.04. The van der Waals surface area contributed by atoms with E-state index in [-0.39, 0.29) is 11.6 Å². The Balaban J connectivity index is 2.14. The molecule has 0 bridgehead atoms. The van der Waals surface area contributed by atoms with Crippen LogP contribution < -0.4 is 15.0 Å². The van der Waals surface area contributed by atoms with Gasteiger partial charge in [-0.1, -0.05) is 19.1 Å². The van der Waals surface area contributed by atoms with Crippen molar-refractivity contribution in [2.75, 3.05) is 25.5 Å². The Morgan fingerprint density at radius 1 is 1.14 bits per heavy atom. The normalized spacial score (nSPS) is 10.5. The van der Waals surface area contributed by atoms with Crippen molar-refractivity contribution in [3.8, 4) is 11.5 Å². The molecular weight excluding hydrogens is 267 g/mol. The fourth-order valence-corrected chi connectivity index (χ4v) is 1.96. The monoisotopic (exact) mass is 288 g/mol. The lowest BCUT2D eigenvalue weighted by atomic mass is 10.2. The molecule has 0 unspecified atom stereocenters. The minimum atomic E-state index is -0.347. The largest absolute Gasteiger partial charge is 0.454 e. The number of hydrogen-bond acceptors (Lipinski definition) is 3. The average molecular weight is 288 g/mol. The molecule has 0 atom stereocenters. The summed E-state index contributed by atoms with van der Waals surface area (Å²) in [5.41, 5.74) is 1.92. The first-order chi connectivity index (χ1) is 10.1. The molecule has 0 fully saturated rings. The summed E-state index contributed by atoms with van der Waals surface area (Å²) in [6.07, 6.45) is 0. The van der Waals surface area contributed by atoms with E-state index in [0.29, 0.717) is 12.3 Å². The van der Waals surface area contributed by atoms with Crippen molar-refractivity contribution in [3.05, 3.63) is 53.8 Å². The van der Waals surface area contributed by atoms with Crippen LogP contribution in [0.15, 0.2) is 42.5 Å². The Morgan fingerprint density at radius 3 is 2.62 bits per heavy atom. The molecule has 2 rings (SSSR count). The fourth-order valence-electron chi connectivity index (χ4n) is 1.96. The average Bonchev–Trinajstić information content (AvgIpc) is 2.48. The van der Waals surface area contributed by atoms with Gasteiger partial charge in [-0.3, -0.25) is 0 Å². The molecule has 0 heterocycles. The van der Waals surface area contributed by atoms with Crippen molar-refractivity contribution < 1.29 is 9.13 Å². The Kier molecular flexibility index (Phi) is 5.17. The molecule has 0 amide bonds. The molecule has 0 saturated heterocycles. The smallest absolute Gasteiger partial charge is 0.166 e. The first-order valence-electron chi connectivity index (χ1n) is 7.04. The molecule has 0 aliphatic heterocycles. The molecule has 0 aromatic heterocycles. The van der Waals surface area contributed by atoms with E-state index in [4.69, 9.17) is 4.74 Å². The van der Waals surface area contributed by atoms with Crippen LogP contribution in [0.4, 0.5) is 10.1 Å². The van der Waals surface area contributed by atoms with Crippen LogP contribution in [0.3, 0.4) is 0 Å². The van der Waals surface area contributed by atoms with Crippen LogP contribution >= 0.6 is 0 Å². The van der Waals surface area contributed by atoms with Crippen LogP contribution in [-0.4, -0.2) is 20.6 Å². The minimum absolute atomic E-state index is 0.242. The van der Waals surface area contributed by atoms with Crippen LogP contribution in [0.5, 0.6) is 11.5 Å². The summed E-state index contributed by atoms with van der Waals surface area (Å²) in [6.45, 7) is 3.53. The van der Waals surface area contributed by atoms with Gasteiger partial charge in [0.05, 0.1) is 0 Å². The Morgan fingerprint density at radius 2 is 1.95 bits per heavy atom. The maximum Gasteiger partial charge on any atom is 0.166 e. The molecule has 112 valence electrons. The minimum Gasteiger partial charge on any atom is -0.454 e. The topological polar surface area (TPSA) is 24.5 Å². The van der Waals surface area contributed by atoms with Gasteiger partial charge in [0.25, 0.3) is 0 Å². The van der Waals surface area contributed by atoms with Gasteiger partial charge in [-0.15, -0.1) is 0 Å². The van der Waals surface area contributed by atoms with Gasteiger partial charge >= 0.3 is 0 Å². The second kappa shape index (κ2) is 7.09. The highest BCUT2D eigenvalue weighted by molar-refractivity contribution is 5.50.